The van der Waals surface area contributed by atoms with Crippen molar-refractivity contribution in [2.24, 2.45) is 11.8 Å². The number of ether oxygens (including phenoxy) is 3. The summed E-state index contributed by atoms with van der Waals surface area (Å²) in [4.78, 5) is 38.1. The number of ketones is 1. The van der Waals surface area contributed by atoms with E-state index in [1.165, 1.54) is 6.92 Å². The van der Waals surface area contributed by atoms with Crippen LogP contribution in [-0.2, 0) is 23.9 Å². The van der Waals surface area contributed by atoms with Gasteiger partial charge < -0.3 is 19.3 Å². The molecule has 1 fully saturated rings. The Labute approximate surface area is 165 Å². The van der Waals surface area contributed by atoms with Crippen molar-refractivity contribution in [1.82, 2.24) is 0 Å². The van der Waals surface area contributed by atoms with Crippen molar-refractivity contribution in [3.8, 4) is 5.75 Å². The van der Waals surface area contributed by atoms with Crippen LogP contribution in [0.2, 0.25) is 0 Å². The molecule has 1 aliphatic carbocycles. The molecule has 0 aliphatic heterocycles. The Hall–Kier alpha value is -2.41. The summed E-state index contributed by atoms with van der Waals surface area (Å²) in [6.45, 7) is 7.32. The molecule has 0 unspecified atom stereocenters. The highest BCUT2D eigenvalue weighted by Gasteiger charge is 2.57. The number of hydrogen-bond donors (Lipinski definition) is 1. The molecule has 0 amide bonds. The molecule has 0 bridgehead atoms. The minimum atomic E-state index is -1.64. The van der Waals surface area contributed by atoms with Gasteiger partial charge in [-0.25, -0.2) is 0 Å². The molecular weight excluding hydrogens is 364 g/mol. The first-order valence-corrected chi connectivity index (χ1v) is 9.57. The largest absolute Gasteiger partial charge is 0.494 e. The van der Waals surface area contributed by atoms with Crippen molar-refractivity contribution < 1.29 is 33.7 Å². The fraction of sp³-hybridized carbons (Fsp3) is 0.571. The monoisotopic (exact) mass is 392 g/mol. The zero-order chi connectivity index (χ0) is 20.9. The minimum Gasteiger partial charge on any atom is -0.494 e. The van der Waals surface area contributed by atoms with Crippen LogP contribution in [0.25, 0.3) is 0 Å². The summed E-state index contributed by atoms with van der Waals surface area (Å²) in [6, 6.07) is 6.81. The summed E-state index contributed by atoms with van der Waals surface area (Å²) in [6.07, 6.45) is -0.326. The third kappa shape index (κ3) is 4.52. The first kappa shape index (κ1) is 21.9. The lowest BCUT2D eigenvalue weighted by Crippen LogP contribution is -2.55. The Morgan fingerprint density at radius 2 is 1.61 bits per heavy atom. The average Bonchev–Trinajstić information content (AvgIpc) is 2.61. The third-order valence-electron chi connectivity index (χ3n) is 4.92. The van der Waals surface area contributed by atoms with Crippen LogP contribution in [0.15, 0.2) is 24.3 Å². The second kappa shape index (κ2) is 9.19. The van der Waals surface area contributed by atoms with Gasteiger partial charge in [-0.05, 0) is 45.4 Å². The molecule has 0 spiro atoms. The van der Waals surface area contributed by atoms with E-state index in [9.17, 15) is 19.5 Å². The second-order valence-electron chi connectivity index (χ2n) is 6.99. The van der Waals surface area contributed by atoms with Gasteiger partial charge in [0.05, 0.1) is 31.3 Å². The minimum absolute atomic E-state index is 0.110. The number of rotatable bonds is 7. The Bertz CT molecular complexity index is 708. The molecule has 1 aromatic rings. The maximum Gasteiger partial charge on any atom is 0.317 e. The number of carbonyl (C=O) groups is 3. The molecule has 0 saturated heterocycles. The van der Waals surface area contributed by atoms with Gasteiger partial charge in [-0.3, -0.25) is 14.4 Å². The van der Waals surface area contributed by atoms with Gasteiger partial charge in [0.25, 0.3) is 0 Å². The van der Waals surface area contributed by atoms with Crippen molar-refractivity contribution in [2.45, 2.75) is 45.6 Å². The number of hydrogen-bond acceptors (Lipinski definition) is 7. The summed E-state index contributed by atoms with van der Waals surface area (Å²) in [5.41, 5.74) is -1.08. The van der Waals surface area contributed by atoms with Gasteiger partial charge in [0.2, 0.25) is 0 Å². The van der Waals surface area contributed by atoms with Crippen LogP contribution in [0.3, 0.4) is 0 Å². The molecule has 0 heterocycles. The molecular formula is C21H28O7. The first-order chi connectivity index (χ1) is 13.3. The lowest BCUT2D eigenvalue weighted by atomic mass is 9.61. The first-order valence-electron chi connectivity index (χ1n) is 9.57. The summed E-state index contributed by atoms with van der Waals surface area (Å²) < 4.78 is 15.7. The number of benzene rings is 1. The van der Waals surface area contributed by atoms with E-state index >= 15 is 0 Å². The standard InChI is InChI=1S/C21H28O7/c1-5-26-14-10-8-13(9-11-14)16-17(19(23)27-6-2)15(22)12-21(4,25)18(16)20(24)28-7-3/h8-11,16-18,25H,5-7,12H2,1-4H3/t16-,17+,18+,21-/m0/s1. The SMILES string of the molecule is CCOC(=O)[C@@H]1C(=O)C[C@](C)(O)[C@@H](C(=O)OCC)[C@H]1c1ccc(OCC)cc1. The normalized spacial score (nSPS) is 27.2. The Balaban J connectivity index is 2.56. The molecule has 7 nitrogen and oxygen atoms in total. The van der Waals surface area contributed by atoms with Crippen molar-refractivity contribution in [3.63, 3.8) is 0 Å². The van der Waals surface area contributed by atoms with E-state index in [-0.39, 0.29) is 19.6 Å². The van der Waals surface area contributed by atoms with Gasteiger partial charge in [0, 0.05) is 12.3 Å². The van der Waals surface area contributed by atoms with E-state index < -0.39 is 41.1 Å². The molecule has 1 N–H and O–H groups in total. The molecule has 28 heavy (non-hydrogen) atoms. The van der Waals surface area contributed by atoms with Crippen LogP contribution in [0.4, 0.5) is 0 Å². The zero-order valence-corrected chi connectivity index (χ0v) is 16.8. The third-order valence-corrected chi connectivity index (χ3v) is 4.92. The predicted octanol–water partition coefficient (Wildman–Crippen LogP) is 2.25. The van der Waals surface area contributed by atoms with Gasteiger partial charge >= 0.3 is 11.9 Å². The van der Waals surface area contributed by atoms with Crippen molar-refractivity contribution in [3.05, 3.63) is 29.8 Å². The molecule has 0 aromatic heterocycles. The highest BCUT2D eigenvalue weighted by molar-refractivity contribution is 6.02. The lowest BCUT2D eigenvalue weighted by molar-refractivity contribution is -0.172. The van der Waals surface area contributed by atoms with Crippen LogP contribution < -0.4 is 4.74 Å². The summed E-state index contributed by atoms with van der Waals surface area (Å²) in [5, 5.41) is 10.9. The lowest BCUT2D eigenvalue weighted by Gasteiger charge is -2.43. The average molecular weight is 392 g/mol. The second-order valence-corrected chi connectivity index (χ2v) is 6.99. The van der Waals surface area contributed by atoms with Crippen LogP contribution in [0, 0.1) is 11.8 Å². The van der Waals surface area contributed by atoms with Gasteiger partial charge in [0.1, 0.15) is 11.7 Å². The van der Waals surface area contributed by atoms with Crippen LogP contribution in [0.1, 0.15) is 45.6 Å². The Morgan fingerprint density at radius 1 is 1.04 bits per heavy atom. The molecule has 154 valence electrons. The molecule has 1 aliphatic rings. The molecule has 4 atom stereocenters. The van der Waals surface area contributed by atoms with Gasteiger partial charge in [-0.2, -0.15) is 0 Å². The van der Waals surface area contributed by atoms with E-state index in [0.717, 1.165) is 0 Å². The summed E-state index contributed by atoms with van der Waals surface area (Å²) >= 11 is 0. The maximum atomic E-state index is 12.8. The number of carbonyl (C=O) groups excluding carboxylic acids is 3. The molecule has 0 radical (unpaired) electrons. The van der Waals surface area contributed by atoms with Gasteiger partial charge in [-0.1, -0.05) is 12.1 Å². The highest BCUT2D eigenvalue weighted by atomic mass is 16.5. The summed E-state index contributed by atoms with van der Waals surface area (Å²) in [7, 11) is 0. The van der Waals surface area contributed by atoms with E-state index in [4.69, 9.17) is 14.2 Å². The van der Waals surface area contributed by atoms with Crippen LogP contribution in [-0.4, -0.2) is 48.3 Å². The van der Waals surface area contributed by atoms with Crippen LogP contribution >= 0.6 is 0 Å². The Kier molecular flexibility index (Phi) is 7.18. The van der Waals surface area contributed by atoms with Crippen molar-refractivity contribution in [2.75, 3.05) is 19.8 Å². The predicted molar refractivity (Wildman–Crippen MR) is 101 cm³/mol. The topological polar surface area (TPSA) is 99.1 Å². The van der Waals surface area contributed by atoms with Gasteiger partial charge in [-0.15, -0.1) is 0 Å². The van der Waals surface area contributed by atoms with Crippen molar-refractivity contribution in [1.29, 1.82) is 0 Å². The quantitative estimate of drug-likeness (QED) is 0.561. The van der Waals surface area contributed by atoms with E-state index in [1.54, 1.807) is 38.1 Å². The van der Waals surface area contributed by atoms with E-state index in [0.29, 0.717) is 17.9 Å². The number of aliphatic hydroxyl groups is 1. The molecule has 2 rings (SSSR count). The Morgan fingerprint density at radius 3 is 2.14 bits per heavy atom. The highest BCUT2D eigenvalue weighted by Crippen LogP contribution is 2.46. The fourth-order valence-corrected chi connectivity index (χ4v) is 3.83. The van der Waals surface area contributed by atoms with E-state index in [1.807, 2.05) is 6.92 Å². The van der Waals surface area contributed by atoms with Gasteiger partial charge in [0.15, 0.2) is 5.78 Å². The van der Waals surface area contributed by atoms with E-state index in [2.05, 4.69) is 0 Å². The van der Waals surface area contributed by atoms with Crippen molar-refractivity contribution >= 4 is 17.7 Å². The smallest absolute Gasteiger partial charge is 0.317 e. The molecule has 1 aromatic carbocycles. The molecule has 7 heteroatoms. The molecule has 1 saturated carbocycles. The number of Topliss-reactive ketones (excluding diaryl/α,β-unsaturated/α-hetero) is 1. The van der Waals surface area contributed by atoms with Crippen LogP contribution in [0.5, 0.6) is 5.75 Å². The summed E-state index contributed by atoms with van der Waals surface area (Å²) in [5.74, 6) is -4.34. The zero-order valence-electron chi connectivity index (χ0n) is 16.8. The fourth-order valence-electron chi connectivity index (χ4n) is 3.83. The maximum absolute atomic E-state index is 12.8. The number of esters is 2.